The van der Waals surface area contributed by atoms with Crippen molar-refractivity contribution in [2.75, 3.05) is 30.3 Å². The number of rotatable bonds is 10. The van der Waals surface area contributed by atoms with Gasteiger partial charge < -0.3 is 15.7 Å². The van der Waals surface area contributed by atoms with E-state index in [4.69, 9.17) is 5.11 Å². The maximum Gasteiger partial charge on any atom is 0.329 e. The smallest absolute Gasteiger partial charge is 0.329 e. The summed E-state index contributed by atoms with van der Waals surface area (Å²) in [5.74, 6) is 0.835. The zero-order chi connectivity index (χ0) is 15.7. The van der Waals surface area contributed by atoms with Crippen molar-refractivity contribution < 1.29 is 10.0 Å². The number of nitro groups is 1. The lowest BCUT2D eigenvalue weighted by molar-refractivity contribution is -0.384. The van der Waals surface area contributed by atoms with Crippen molar-refractivity contribution in [1.82, 2.24) is 9.97 Å². The molecule has 0 amide bonds. The van der Waals surface area contributed by atoms with Gasteiger partial charge in [-0.25, -0.2) is 4.98 Å². The van der Waals surface area contributed by atoms with Crippen LogP contribution in [0.1, 0.15) is 33.1 Å². The van der Waals surface area contributed by atoms with E-state index in [1.54, 1.807) is 0 Å². The molecule has 0 bridgehead atoms. The quantitative estimate of drug-likeness (QED) is 0.447. The molecule has 1 rings (SSSR count). The van der Waals surface area contributed by atoms with Crippen molar-refractivity contribution in [2.45, 2.75) is 33.1 Å². The molecule has 118 valence electrons. The molecule has 1 aromatic heterocycles. The Labute approximate surface area is 124 Å². The van der Waals surface area contributed by atoms with Gasteiger partial charge in [0.2, 0.25) is 11.8 Å². The fraction of sp³-hybridized carbons (Fsp3) is 0.692. The third-order valence-corrected chi connectivity index (χ3v) is 3.17. The highest BCUT2D eigenvalue weighted by atomic mass is 16.6. The van der Waals surface area contributed by atoms with Crippen molar-refractivity contribution in [1.29, 1.82) is 0 Å². The van der Waals surface area contributed by atoms with Gasteiger partial charge in [-0.1, -0.05) is 20.3 Å². The number of aliphatic hydroxyl groups is 1. The topological polar surface area (TPSA) is 113 Å². The Kier molecular flexibility index (Phi) is 7.38. The van der Waals surface area contributed by atoms with E-state index < -0.39 is 4.92 Å². The summed E-state index contributed by atoms with van der Waals surface area (Å²) in [5, 5.41) is 26.0. The van der Waals surface area contributed by atoms with E-state index in [9.17, 15) is 10.1 Å². The van der Waals surface area contributed by atoms with E-state index in [2.05, 4.69) is 20.6 Å². The summed E-state index contributed by atoms with van der Waals surface area (Å²) in [6.45, 7) is 5.37. The van der Waals surface area contributed by atoms with E-state index >= 15 is 0 Å². The lowest BCUT2D eigenvalue weighted by Gasteiger charge is -2.15. The van der Waals surface area contributed by atoms with Gasteiger partial charge in [-0.2, -0.15) is 4.98 Å². The molecule has 0 spiro atoms. The Morgan fingerprint density at radius 3 is 2.76 bits per heavy atom. The van der Waals surface area contributed by atoms with Crippen LogP contribution >= 0.6 is 0 Å². The number of hydrogen-bond acceptors (Lipinski definition) is 7. The van der Waals surface area contributed by atoms with Crippen molar-refractivity contribution >= 4 is 17.5 Å². The number of nitrogens with zero attached hydrogens (tertiary/aromatic N) is 3. The van der Waals surface area contributed by atoms with Crippen LogP contribution in [0.5, 0.6) is 0 Å². The van der Waals surface area contributed by atoms with E-state index in [0.717, 1.165) is 12.8 Å². The first-order chi connectivity index (χ1) is 10.1. The molecule has 1 heterocycles. The number of nitrogens with one attached hydrogen (secondary N) is 2. The van der Waals surface area contributed by atoms with Crippen LogP contribution in [-0.4, -0.2) is 39.7 Å². The summed E-state index contributed by atoms with van der Waals surface area (Å²) >= 11 is 0. The highest BCUT2D eigenvalue weighted by Crippen LogP contribution is 2.22. The molecule has 8 heteroatoms. The lowest BCUT2D eigenvalue weighted by Crippen LogP contribution is -2.17. The summed E-state index contributed by atoms with van der Waals surface area (Å²) < 4.78 is 0. The van der Waals surface area contributed by atoms with Crippen LogP contribution in [0, 0.1) is 16.0 Å². The minimum Gasteiger partial charge on any atom is -0.396 e. The molecule has 0 saturated heterocycles. The molecule has 0 aliphatic heterocycles. The average Bonchev–Trinajstić information content (AvgIpc) is 2.49. The number of aliphatic hydroxyl groups excluding tert-OH is 1. The van der Waals surface area contributed by atoms with Crippen LogP contribution in [0.15, 0.2) is 6.20 Å². The standard InChI is InChI=1S/C13H23N5O3/c1-3-6-14-13-16-9-11(18(20)21)12(17-13)15-8-10(4-2)5-7-19/h9-10,19H,3-8H2,1-2H3,(H2,14,15,16,17). The second-order valence-corrected chi connectivity index (χ2v) is 4.78. The maximum atomic E-state index is 11.0. The molecule has 0 fully saturated rings. The van der Waals surface area contributed by atoms with Crippen molar-refractivity contribution in [3.63, 3.8) is 0 Å². The van der Waals surface area contributed by atoms with E-state index in [1.807, 2.05) is 13.8 Å². The molecule has 3 N–H and O–H groups in total. The summed E-state index contributed by atoms with van der Waals surface area (Å²) in [6, 6.07) is 0. The lowest BCUT2D eigenvalue weighted by atomic mass is 10.0. The molecule has 1 unspecified atom stereocenters. The van der Waals surface area contributed by atoms with Gasteiger partial charge in [0.1, 0.15) is 6.20 Å². The Morgan fingerprint density at radius 2 is 2.19 bits per heavy atom. The molecule has 21 heavy (non-hydrogen) atoms. The van der Waals surface area contributed by atoms with Gasteiger partial charge in [-0.15, -0.1) is 0 Å². The number of aromatic nitrogens is 2. The van der Waals surface area contributed by atoms with Gasteiger partial charge in [0, 0.05) is 19.7 Å². The molecular weight excluding hydrogens is 274 g/mol. The van der Waals surface area contributed by atoms with Crippen molar-refractivity contribution in [2.24, 2.45) is 5.92 Å². The first-order valence-electron chi connectivity index (χ1n) is 7.22. The summed E-state index contributed by atoms with van der Waals surface area (Å²) in [7, 11) is 0. The minimum absolute atomic E-state index is 0.107. The normalized spacial score (nSPS) is 12.0. The molecule has 0 aliphatic rings. The molecule has 0 aliphatic carbocycles. The number of hydrogen-bond donors (Lipinski definition) is 3. The van der Waals surface area contributed by atoms with Crippen molar-refractivity contribution in [3.8, 4) is 0 Å². The predicted molar refractivity (Wildman–Crippen MR) is 81.4 cm³/mol. The third-order valence-electron chi connectivity index (χ3n) is 3.17. The van der Waals surface area contributed by atoms with Gasteiger partial charge in [0.25, 0.3) is 0 Å². The zero-order valence-corrected chi connectivity index (χ0v) is 12.5. The van der Waals surface area contributed by atoms with Gasteiger partial charge in [-0.05, 0) is 18.8 Å². The van der Waals surface area contributed by atoms with Crippen LogP contribution in [0.3, 0.4) is 0 Å². The van der Waals surface area contributed by atoms with Crippen LogP contribution < -0.4 is 10.6 Å². The Hall–Kier alpha value is -1.96. The fourth-order valence-corrected chi connectivity index (χ4v) is 1.84. The van der Waals surface area contributed by atoms with Crippen LogP contribution in [0.25, 0.3) is 0 Å². The van der Waals surface area contributed by atoms with E-state index in [0.29, 0.717) is 25.5 Å². The predicted octanol–water partition coefficient (Wildman–Crippen LogP) is 2.03. The zero-order valence-electron chi connectivity index (χ0n) is 12.5. The molecule has 0 aromatic carbocycles. The van der Waals surface area contributed by atoms with E-state index in [1.165, 1.54) is 6.20 Å². The third kappa shape index (κ3) is 5.50. The Morgan fingerprint density at radius 1 is 1.43 bits per heavy atom. The van der Waals surface area contributed by atoms with E-state index in [-0.39, 0.29) is 24.0 Å². The highest BCUT2D eigenvalue weighted by Gasteiger charge is 2.18. The van der Waals surface area contributed by atoms with Gasteiger partial charge in [-0.3, -0.25) is 10.1 Å². The summed E-state index contributed by atoms with van der Waals surface area (Å²) in [4.78, 5) is 18.6. The maximum absolute atomic E-state index is 11.0. The molecule has 1 aromatic rings. The second kappa shape index (κ2) is 9.06. The molecule has 1 atom stereocenters. The van der Waals surface area contributed by atoms with Gasteiger partial charge in [0.15, 0.2) is 0 Å². The molecule has 0 saturated carbocycles. The van der Waals surface area contributed by atoms with Crippen LogP contribution in [-0.2, 0) is 0 Å². The van der Waals surface area contributed by atoms with Crippen molar-refractivity contribution in [3.05, 3.63) is 16.3 Å². The molecular formula is C13H23N5O3. The first kappa shape index (κ1) is 17.1. The fourth-order valence-electron chi connectivity index (χ4n) is 1.84. The Bertz CT molecular complexity index is 455. The average molecular weight is 297 g/mol. The molecule has 0 radical (unpaired) electrons. The van der Waals surface area contributed by atoms with Crippen LogP contribution in [0.2, 0.25) is 0 Å². The SMILES string of the molecule is CCCNc1ncc([N+](=O)[O-])c(NCC(CC)CCO)n1. The summed E-state index contributed by atoms with van der Waals surface area (Å²) in [6.07, 6.45) is 3.66. The minimum atomic E-state index is -0.501. The Balaban J connectivity index is 2.82. The first-order valence-corrected chi connectivity index (χ1v) is 7.22. The summed E-state index contributed by atoms with van der Waals surface area (Å²) in [5.41, 5.74) is -0.143. The van der Waals surface area contributed by atoms with Crippen LogP contribution in [0.4, 0.5) is 17.5 Å². The second-order valence-electron chi connectivity index (χ2n) is 4.78. The number of anilines is 2. The van der Waals surface area contributed by atoms with Gasteiger partial charge in [0.05, 0.1) is 4.92 Å². The van der Waals surface area contributed by atoms with Gasteiger partial charge >= 0.3 is 5.69 Å². The monoisotopic (exact) mass is 297 g/mol. The molecule has 8 nitrogen and oxygen atoms in total. The largest absolute Gasteiger partial charge is 0.396 e. The highest BCUT2D eigenvalue weighted by molar-refractivity contribution is 5.56.